The third kappa shape index (κ3) is 20.0. The molecular weight excluding hydrogens is 1120 g/mol. The monoisotopic (exact) mass is 1210 g/mol. The van der Waals surface area contributed by atoms with Crippen molar-refractivity contribution in [3.63, 3.8) is 0 Å². The van der Waals surface area contributed by atoms with E-state index in [1.807, 2.05) is 19.9 Å². The van der Waals surface area contributed by atoms with E-state index < -0.39 is 108 Å². The lowest BCUT2D eigenvalue weighted by Crippen LogP contribution is -2.61. The van der Waals surface area contributed by atoms with Crippen molar-refractivity contribution in [1.29, 1.82) is 0 Å². The van der Waals surface area contributed by atoms with Gasteiger partial charge in [0, 0.05) is 74.3 Å². The molecule has 0 aliphatic carbocycles. The Morgan fingerprint density at radius 1 is 0.701 bits per heavy atom. The molecule has 0 bridgehead atoms. The summed E-state index contributed by atoms with van der Waals surface area (Å²) < 4.78 is 0. The molecule has 10 amide bonds. The summed E-state index contributed by atoms with van der Waals surface area (Å²) in [6.07, 6.45) is 5.80. The second-order valence-electron chi connectivity index (χ2n) is 22.8. The largest absolute Gasteiger partial charge is 0.508 e. The zero-order valence-corrected chi connectivity index (χ0v) is 49.8. The van der Waals surface area contributed by atoms with Gasteiger partial charge in [0.15, 0.2) is 5.96 Å². The fourth-order valence-electron chi connectivity index (χ4n) is 10.5. The molecule has 9 atom stereocenters. The zero-order chi connectivity index (χ0) is 63.3. The summed E-state index contributed by atoms with van der Waals surface area (Å²) in [6, 6.07) is 1.58. The summed E-state index contributed by atoms with van der Waals surface area (Å²) >= 11 is 0. The number of nitrogens with one attached hydrogen (secondary N) is 11. The number of aromatic hydroxyl groups is 1. The average Bonchev–Trinajstić information content (AvgIpc) is 2.39. The molecular formula is C59H84N16O12. The molecule has 4 aromatic rings. The number of aliphatic hydroxyl groups is 1. The van der Waals surface area contributed by atoms with Crippen LogP contribution in [0.5, 0.6) is 5.75 Å². The molecule has 2 aromatic heterocycles. The molecule has 2 aromatic carbocycles. The van der Waals surface area contributed by atoms with E-state index in [-0.39, 0.29) is 106 Å². The van der Waals surface area contributed by atoms with Crippen molar-refractivity contribution in [2.24, 2.45) is 28.3 Å². The first-order chi connectivity index (χ1) is 41.5. The maximum absolute atomic E-state index is 14.7. The highest BCUT2D eigenvalue weighted by molar-refractivity contribution is 5.99. The average molecular weight is 1210 g/mol. The van der Waals surface area contributed by atoms with Gasteiger partial charge in [-0.2, -0.15) is 0 Å². The van der Waals surface area contributed by atoms with E-state index in [9.17, 15) is 58.2 Å². The Balaban J connectivity index is 1.22. The Bertz CT molecular complexity index is 3050. The highest BCUT2D eigenvalue weighted by atomic mass is 16.3. The molecule has 28 nitrogen and oxygen atoms in total. The number of amides is 10. The fraction of sp³-hybridized carbons (Fsp3) is 0.525. The van der Waals surface area contributed by atoms with Crippen molar-refractivity contribution >= 4 is 75.9 Å². The summed E-state index contributed by atoms with van der Waals surface area (Å²) in [5.74, 6) is -7.55. The van der Waals surface area contributed by atoms with Gasteiger partial charge in [0.05, 0.1) is 12.9 Å². The molecule has 17 N–H and O–H groups in total. The maximum atomic E-state index is 14.7. The van der Waals surface area contributed by atoms with Crippen molar-refractivity contribution in [3.05, 3.63) is 84.1 Å². The van der Waals surface area contributed by atoms with Gasteiger partial charge in [-0.1, -0.05) is 58.0 Å². The SMILES string of the molecule is CCNC(=O)[C@@H]1CCCN1C(=O)C(CCCN=C(N)N)NC(=O)[C@H](CC(C)C)NC(=O)[C@@H](CC(C)C)NC(=O)[C@H](Cc1ccc(O)cc1)NC(=O)[C@H](CO)NC(=O)[C@H](Cc1c[nH]c2ccccc12)NC(=O)[C@H](Cc1cnc[nH]1)NC(=O)C1CCC(=O)N1. The van der Waals surface area contributed by atoms with E-state index in [2.05, 4.69) is 67.8 Å². The number of H-pyrrole nitrogens is 2. The number of likely N-dealkylation sites (tertiary alicyclic amines) is 1. The predicted molar refractivity (Wildman–Crippen MR) is 320 cm³/mol. The van der Waals surface area contributed by atoms with Crippen molar-refractivity contribution in [2.45, 2.75) is 160 Å². The second-order valence-corrected chi connectivity index (χ2v) is 22.8. The fourth-order valence-corrected chi connectivity index (χ4v) is 10.5. The Morgan fingerprint density at radius 3 is 1.85 bits per heavy atom. The molecule has 6 rings (SSSR count). The van der Waals surface area contributed by atoms with Crippen LogP contribution in [0.15, 0.2) is 72.2 Å². The van der Waals surface area contributed by atoms with Gasteiger partial charge >= 0.3 is 0 Å². The molecule has 0 saturated carbocycles. The summed E-state index contributed by atoms with van der Waals surface area (Å²) in [4.78, 5) is 155. The molecule has 2 unspecified atom stereocenters. The van der Waals surface area contributed by atoms with E-state index in [1.165, 1.54) is 41.7 Å². The van der Waals surface area contributed by atoms with Gasteiger partial charge in [-0.3, -0.25) is 52.9 Å². The molecule has 4 heterocycles. The van der Waals surface area contributed by atoms with Crippen LogP contribution in [0.2, 0.25) is 0 Å². The first kappa shape index (κ1) is 67.1. The lowest BCUT2D eigenvalue weighted by Gasteiger charge is -2.31. The molecule has 28 heteroatoms. The third-order valence-electron chi connectivity index (χ3n) is 14.9. The van der Waals surface area contributed by atoms with E-state index in [4.69, 9.17) is 11.5 Å². The lowest BCUT2D eigenvalue weighted by molar-refractivity contribution is -0.142. The zero-order valence-electron chi connectivity index (χ0n) is 49.8. The molecule has 0 radical (unpaired) electrons. The van der Waals surface area contributed by atoms with Gasteiger partial charge in [0.2, 0.25) is 59.1 Å². The first-order valence-corrected chi connectivity index (χ1v) is 29.5. The number of aromatic nitrogens is 3. The Hall–Kier alpha value is -9.08. The number of carbonyl (C=O) groups excluding carboxylic acids is 10. The number of benzene rings is 2. The van der Waals surface area contributed by atoms with Crippen molar-refractivity contribution in [1.82, 2.24) is 67.7 Å². The lowest BCUT2D eigenvalue weighted by atomic mass is 9.98. The van der Waals surface area contributed by atoms with Crippen LogP contribution >= 0.6 is 0 Å². The van der Waals surface area contributed by atoms with Gasteiger partial charge in [0.1, 0.15) is 60.1 Å². The quantitative estimate of drug-likeness (QED) is 0.0151. The van der Waals surface area contributed by atoms with Crippen molar-refractivity contribution in [3.8, 4) is 5.75 Å². The second kappa shape index (κ2) is 32.4. The number of aliphatic hydroxyl groups excluding tert-OH is 1. The maximum Gasteiger partial charge on any atom is 0.245 e. The normalized spacial score (nSPS) is 17.1. The van der Waals surface area contributed by atoms with Gasteiger partial charge < -0.3 is 84.4 Å². The summed E-state index contributed by atoms with van der Waals surface area (Å²) in [6.45, 7) is 8.82. The van der Waals surface area contributed by atoms with E-state index in [0.717, 1.165) is 5.52 Å². The third-order valence-corrected chi connectivity index (χ3v) is 14.9. The molecule has 472 valence electrons. The van der Waals surface area contributed by atoms with Crippen molar-refractivity contribution < 1.29 is 58.2 Å². The number of aromatic amines is 2. The highest BCUT2D eigenvalue weighted by Crippen LogP contribution is 2.22. The summed E-state index contributed by atoms with van der Waals surface area (Å²) in [7, 11) is 0. The number of nitrogens with two attached hydrogens (primary N) is 2. The molecule has 2 fully saturated rings. The molecule has 0 spiro atoms. The molecule has 2 saturated heterocycles. The minimum absolute atomic E-state index is 0.0397. The van der Waals surface area contributed by atoms with E-state index in [0.29, 0.717) is 41.6 Å². The minimum atomic E-state index is -1.75. The molecule has 87 heavy (non-hydrogen) atoms. The number of phenolic OH excluding ortho intramolecular Hbond substituents is 1. The van der Waals surface area contributed by atoms with Crippen LogP contribution in [0, 0.1) is 11.8 Å². The van der Waals surface area contributed by atoms with Gasteiger partial charge in [-0.25, -0.2) is 4.98 Å². The standard InChI is InChI=1S/C59H84N16O12/c1-6-63-57(86)48-14-10-22-75(48)58(87)41(13-9-21-64-59(60)61)68-51(80)42(23-32(2)3)69-52(81)43(24-33(4)5)70-53(82)44(25-34-15-17-37(77)18-16-34)71-56(85)47(30-76)74-54(83)45(26-35-28-65-39-12-8-7-11-38(35)39)72-55(84)46(27-36-29-62-31-66-36)73-50(79)40-19-20-49(78)67-40/h7-8,11-12,15-18,28-29,31-33,40-48,65,76-77H,6,9-10,13-14,19-27,30H2,1-5H3,(H,62,66)(H,63,86)(H,67,78)(H,68,80)(H,69,81)(H,70,82)(H,71,85)(H,72,84)(H,73,79)(H,74,83)(H4,60,61,64)/t40?,41?,42-,43+,44-,45-,46-,47-,48-/m0/s1. The minimum Gasteiger partial charge on any atom is -0.508 e. The number of carbonyl (C=O) groups is 10. The van der Waals surface area contributed by atoms with Crippen LogP contribution in [0.1, 0.15) is 103 Å². The summed E-state index contributed by atoms with van der Waals surface area (Å²) in [5.41, 5.74) is 13.3. The number of hydrogen-bond donors (Lipinski definition) is 15. The van der Waals surface area contributed by atoms with Gasteiger partial charge in [0.25, 0.3) is 0 Å². The van der Waals surface area contributed by atoms with Crippen LogP contribution in [0.3, 0.4) is 0 Å². The number of likely N-dealkylation sites (N-methyl/N-ethyl adjacent to an activating group) is 1. The number of guanidine groups is 1. The number of para-hydroxylation sites is 1. The predicted octanol–water partition coefficient (Wildman–Crippen LogP) is -1.44. The summed E-state index contributed by atoms with van der Waals surface area (Å²) in [5, 5.41) is 45.9. The number of rotatable bonds is 32. The topological polar surface area (TPSA) is 432 Å². The van der Waals surface area contributed by atoms with Crippen LogP contribution in [-0.2, 0) is 67.2 Å². The van der Waals surface area contributed by atoms with Gasteiger partial charge in [-0.15, -0.1) is 0 Å². The van der Waals surface area contributed by atoms with Crippen LogP contribution in [0.25, 0.3) is 10.9 Å². The number of aliphatic imine (C=N–C) groups is 1. The molecule has 2 aliphatic rings. The first-order valence-electron chi connectivity index (χ1n) is 29.5. The van der Waals surface area contributed by atoms with Crippen molar-refractivity contribution in [2.75, 3.05) is 26.2 Å². The number of nitrogens with zero attached hydrogens (tertiary/aromatic N) is 3. The smallest absolute Gasteiger partial charge is 0.245 e. The van der Waals surface area contributed by atoms with E-state index in [1.54, 1.807) is 45.2 Å². The molecule has 2 aliphatic heterocycles. The van der Waals surface area contributed by atoms with E-state index >= 15 is 0 Å². The highest BCUT2D eigenvalue weighted by Gasteiger charge is 2.40. The number of hydrogen-bond acceptors (Lipinski definition) is 14. The Morgan fingerprint density at radius 2 is 1.28 bits per heavy atom. The number of phenols is 1. The Kier molecular flexibility index (Phi) is 25.0. The number of imidazole rings is 1. The Labute approximate surface area is 504 Å². The number of fused-ring (bicyclic) bond motifs is 1. The van der Waals surface area contributed by atoms with Crippen LogP contribution in [-0.4, -0.2) is 176 Å². The van der Waals surface area contributed by atoms with Crippen LogP contribution in [0.4, 0.5) is 0 Å². The van der Waals surface area contributed by atoms with Crippen LogP contribution < -0.4 is 59.3 Å². The van der Waals surface area contributed by atoms with Gasteiger partial charge in [-0.05, 0) is 93.0 Å².